The molecule has 0 aromatic heterocycles. The summed E-state index contributed by atoms with van der Waals surface area (Å²) in [4.78, 5) is 22.8. The van der Waals surface area contributed by atoms with Crippen LogP contribution in [0.25, 0.3) is 0 Å². The number of carboxylic acid groups (broad SMARTS) is 1. The first kappa shape index (κ1) is 16.8. The zero-order valence-corrected chi connectivity index (χ0v) is 12.9. The van der Waals surface area contributed by atoms with Crippen LogP contribution in [0.15, 0.2) is 18.2 Å². The quantitative estimate of drug-likeness (QED) is 0.825. The first-order chi connectivity index (χ1) is 9.25. The summed E-state index contributed by atoms with van der Waals surface area (Å²) in [5, 5.41) is 12.4. The number of carbonyl (C=O) groups excluding carboxylic acids is 1. The highest BCUT2D eigenvalue weighted by Gasteiger charge is 2.28. The van der Waals surface area contributed by atoms with Crippen LogP contribution in [-0.4, -0.2) is 17.0 Å². The Morgan fingerprint density at radius 1 is 1.25 bits per heavy atom. The summed E-state index contributed by atoms with van der Waals surface area (Å²) in [5.41, 5.74) is -0.0234. The minimum absolute atomic E-state index is 0.0434. The third-order valence-electron chi connectivity index (χ3n) is 3.22. The van der Waals surface area contributed by atoms with Gasteiger partial charge in [-0.15, -0.1) is 0 Å². The standard InChI is InChI=1S/C14H17Cl2NO3/c1-3-14(2,8-13(19)20)7-12(18)17-9-4-5-10(15)11(16)6-9/h4-6H,3,7-8H2,1-2H3,(H,17,18)(H,19,20)/t14-/m1/s1. The molecule has 110 valence electrons. The molecule has 2 N–H and O–H groups in total. The van der Waals surface area contributed by atoms with Gasteiger partial charge in [0.2, 0.25) is 5.91 Å². The smallest absolute Gasteiger partial charge is 0.303 e. The third kappa shape index (κ3) is 5.02. The zero-order chi connectivity index (χ0) is 15.3. The number of halogens is 2. The molecule has 0 spiro atoms. The van der Waals surface area contributed by atoms with E-state index in [4.69, 9.17) is 28.3 Å². The largest absolute Gasteiger partial charge is 0.481 e. The lowest BCUT2D eigenvalue weighted by Gasteiger charge is -2.25. The van der Waals surface area contributed by atoms with Gasteiger partial charge < -0.3 is 10.4 Å². The van der Waals surface area contributed by atoms with Crippen LogP contribution in [-0.2, 0) is 9.59 Å². The Hall–Kier alpha value is -1.26. The van der Waals surface area contributed by atoms with Gasteiger partial charge in [-0.25, -0.2) is 0 Å². The van der Waals surface area contributed by atoms with E-state index in [0.29, 0.717) is 22.2 Å². The number of hydrogen-bond acceptors (Lipinski definition) is 2. The summed E-state index contributed by atoms with van der Waals surface area (Å²) in [5.74, 6) is -1.15. The lowest BCUT2D eigenvalue weighted by atomic mass is 9.80. The summed E-state index contributed by atoms with van der Waals surface area (Å²) in [6.45, 7) is 3.66. The molecule has 1 atom stereocenters. The monoisotopic (exact) mass is 317 g/mol. The highest BCUT2D eigenvalue weighted by atomic mass is 35.5. The first-order valence-corrected chi connectivity index (χ1v) is 6.98. The maximum absolute atomic E-state index is 12.0. The van der Waals surface area contributed by atoms with E-state index < -0.39 is 11.4 Å². The van der Waals surface area contributed by atoms with Crippen molar-refractivity contribution in [3.05, 3.63) is 28.2 Å². The van der Waals surface area contributed by atoms with Gasteiger partial charge in [-0.1, -0.05) is 37.0 Å². The van der Waals surface area contributed by atoms with Gasteiger partial charge in [-0.05, 0) is 30.0 Å². The van der Waals surface area contributed by atoms with E-state index in [1.807, 2.05) is 6.92 Å². The van der Waals surface area contributed by atoms with E-state index in [1.165, 1.54) is 0 Å². The Kier molecular flexibility index (Phi) is 5.84. The second kappa shape index (κ2) is 6.95. The maximum atomic E-state index is 12.0. The fraction of sp³-hybridized carbons (Fsp3) is 0.429. The number of aliphatic carboxylic acids is 1. The minimum atomic E-state index is -0.906. The van der Waals surface area contributed by atoms with Crippen molar-refractivity contribution in [2.75, 3.05) is 5.32 Å². The zero-order valence-electron chi connectivity index (χ0n) is 11.4. The lowest BCUT2D eigenvalue weighted by molar-refractivity contribution is -0.140. The molecular weight excluding hydrogens is 301 g/mol. The SMILES string of the molecule is CC[C@@](C)(CC(=O)O)CC(=O)Nc1ccc(Cl)c(Cl)c1. The second-order valence-electron chi connectivity index (χ2n) is 5.09. The summed E-state index contributed by atoms with van der Waals surface area (Å²) in [7, 11) is 0. The van der Waals surface area contributed by atoms with Crippen molar-refractivity contribution >= 4 is 40.8 Å². The van der Waals surface area contributed by atoms with Crippen molar-refractivity contribution in [2.45, 2.75) is 33.1 Å². The van der Waals surface area contributed by atoms with Crippen LogP contribution in [0.4, 0.5) is 5.69 Å². The van der Waals surface area contributed by atoms with Gasteiger partial charge in [-0.3, -0.25) is 9.59 Å². The molecule has 1 aromatic rings. The van der Waals surface area contributed by atoms with Crippen LogP contribution in [0, 0.1) is 5.41 Å². The van der Waals surface area contributed by atoms with E-state index in [-0.39, 0.29) is 18.7 Å². The number of hydrogen-bond donors (Lipinski definition) is 2. The predicted molar refractivity (Wildman–Crippen MR) is 80.4 cm³/mol. The maximum Gasteiger partial charge on any atom is 0.303 e. The summed E-state index contributed by atoms with van der Waals surface area (Å²) < 4.78 is 0. The highest BCUT2D eigenvalue weighted by Crippen LogP contribution is 2.31. The van der Waals surface area contributed by atoms with Crippen molar-refractivity contribution < 1.29 is 14.7 Å². The average molecular weight is 318 g/mol. The number of rotatable bonds is 6. The van der Waals surface area contributed by atoms with Crippen LogP contribution < -0.4 is 5.32 Å². The summed E-state index contributed by atoms with van der Waals surface area (Å²) in [6.07, 6.45) is 0.697. The molecular formula is C14H17Cl2NO3. The van der Waals surface area contributed by atoms with E-state index in [9.17, 15) is 9.59 Å². The number of nitrogens with one attached hydrogen (secondary N) is 1. The Labute approximate surface area is 128 Å². The van der Waals surface area contributed by atoms with E-state index in [1.54, 1.807) is 25.1 Å². The number of benzene rings is 1. The number of carboxylic acids is 1. The number of carbonyl (C=O) groups is 2. The Bertz CT molecular complexity index is 519. The van der Waals surface area contributed by atoms with Gasteiger partial charge in [0.15, 0.2) is 0 Å². The number of amides is 1. The minimum Gasteiger partial charge on any atom is -0.481 e. The van der Waals surface area contributed by atoms with Gasteiger partial charge in [0.25, 0.3) is 0 Å². The molecule has 0 saturated carbocycles. The van der Waals surface area contributed by atoms with Crippen LogP contribution >= 0.6 is 23.2 Å². The van der Waals surface area contributed by atoms with Crippen LogP contribution in [0.5, 0.6) is 0 Å². The van der Waals surface area contributed by atoms with Gasteiger partial charge in [0, 0.05) is 12.1 Å². The van der Waals surface area contributed by atoms with Crippen LogP contribution in [0.2, 0.25) is 10.0 Å². The predicted octanol–water partition coefficient (Wildman–Crippen LogP) is 4.21. The fourth-order valence-corrected chi connectivity index (χ4v) is 2.14. The van der Waals surface area contributed by atoms with Crippen molar-refractivity contribution in [3.8, 4) is 0 Å². The molecule has 20 heavy (non-hydrogen) atoms. The molecule has 1 amide bonds. The topological polar surface area (TPSA) is 66.4 Å². The molecule has 0 radical (unpaired) electrons. The van der Waals surface area contributed by atoms with Gasteiger partial charge in [0.1, 0.15) is 0 Å². The van der Waals surface area contributed by atoms with Crippen molar-refractivity contribution in [1.29, 1.82) is 0 Å². The van der Waals surface area contributed by atoms with Crippen LogP contribution in [0.3, 0.4) is 0 Å². The molecule has 0 unspecified atom stereocenters. The molecule has 0 aliphatic carbocycles. The molecule has 0 aliphatic rings. The summed E-state index contributed by atoms with van der Waals surface area (Å²) >= 11 is 11.7. The Morgan fingerprint density at radius 3 is 2.40 bits per heavy atom. The molecule has 1 aromatic carbocycles. The number of anilines is 1. The molecule has 6 heteroatoms. The van der Waals surface area contributed by atoms with Gasteiger partial charge in [-0.2, -0.15) is 0 Å². The Morgan fingerprint density at radius 2 is 1.90 bits per heavy atom. The van der Waals surface area contributed by atoms with E-state index >= 15 is 0 Å². The molecule has 0 heterocycles. The fourth-order valence-electron chi connectivity index (χ4n) is 1.84. The third-order valence-corrected chi connectivity index (χ3v) is 3.96. The first-order valence-electron chi connectivity index (χ1n) is 6.22. The lowest BCUT2D eigenvalue weighted by Crippen LogP contribution is -2.27. The van der Waals surface area contributed by atoms with Crippen molar-refractivity contribution in [2.24, 2.45) is 5.41 Å². The van der Waals surface area contributed by atoms with E-state index in [0.717, 1.165) is 0 Å². The Balaban J connectivity index is 2.70. The normalized spacial score (nSPS) is 13.6. The molecule has 0 bridgehead atoms. The molecule has 1 rings (SSSR count). The van der Waals surface area contributed by atoms with E-state index in [2.05, 4.69) is 5.32 Å². The second-order valence-corrected chi connectivity index (χ2v) is 5.90. The van der Waals surface area contributed by atoms with Crippen molar-refractivity contribution in [3.63, 3.8) is 0 Å². The summed E-state index contributed by atoms with van der Waals surface area (Å²) in [6, 6.07) is 4.80. The molecule has 0 fully saturated rings. The molecule has 0 aliphatic heterocycles. The molecule has 4 nitrogen and oxygen atoms in total. The highest BCUT2D eigenvalue weighted by molar-refractivity contribution is 6.42. The average Bonchev–Trinajstić information content (AvgIpc) is 2.32. The van der Waals surface area contributed by atoms with Gasteiger partial charge in [0.05, 0.1) is 16.5 Å². The molecule has 0 saturated heterocycles. The van der Waals surface area contributed by atoms with Crippen LogP contribution in [0.1, 0.15) is 33.1 Å². The van der Waals surface area contributed by atoms with Crippen molar-refractivity contribution in [1.82, 2.24) is 0 Å². The van der Waals surface area contributed by atoms with Gasteiger partial charge >= 0.3 is 5.97 Å².